The number of benzene rings is 2. The number of rotatable bonds is 10. The quantitative estimate of drug-likeness (QED) is 0.578. The van der Waals surface area contributed by atoms with E-state index in [4.69, 9.17) is 9.84 Å². The predicted molar refractivity (Wildman–Crippen MR) is 120 cm³/mol. The summed E-state index contributed by atoms with van der Waals surface area (Å²) in [5.41, 5.74) is 1.80. The number of carboxylic acids is 1. The third-order valence-corrected chi connectivity index (χ3v) is 5.73. The molecular weight excluding hydrogens is 392 g/mol. The molecule has 0 unspecified atom stereocenters. The van der Waals surface area contributed by atoms with Crippen LogP contribution >= 0.6 is 0 Å². The molecule has 0 radical (unpaired) electrons. The summed E-state index contributed by atoms with van der Waals surface area (Å²) in [7, 11) is 0. The van der Waals surface area contributed by atoms with Gasteiger partial charge in [0.1, 0.15) is 5.75 Å². The van der Waals surface area contributed by atoms with E-state index in [1.165, 1.54) is 0 Å². The third kappa shape index (κ3) is 6.56. The SMILES string of the molecule is CCCCOc1ccc(C(=O)N2CCN([C@H](CCC(=O)O)c3ccccc3)CC2)cc1. The average molecular weight is 425 g/mol. The molecule has 6 nitrogen and oxygen atoms in total. The third-order valence-electron chi connectivity index (χ3n) is 5.73. The highest BCUT2D eigenvalue weighted by Gasteiger charge is 2.27. The number of amides is 1. The Morgan fingerprint density at radius 3 is 2.29 bits per heavy atom. The van der Waals surface area contributed by atoms with Gasteiger partial charge in [-0.2, -0.15) is 0 Å². The van der Waals surface area contributed by atoms with Crippen molar-refractivity contribution in [2.75, 3.05) is 32.8 Å². The van der Waals surface area contributed by atoms with Crippen molar-refractivity contribution in [2.24, 2.45) is 0 Å². The maximum Gasteiger partial charge on any atom is 0.303 e. The molecule has 0 aromatic heterocycles. The van der Waals surface area contributed by atoms with Gasteiger partial charge in [0, 0.05) is 44.2 Å². The lowest BCUT2D eigenvalue weighted by molar-refractivity contribution is -0.137. The van der Waals surface area contributed by atoms with E-state index < -0.39 is 5.97 Å². The van der Waals surface area contributed by atoms with Crippen molar-refractivity contribution in [3.8, 4) is 5.75 Å². The van der Waals surface area contributed by atoms with Gasteiger partial charge in [0.15, 0.2) is 0 Å². The molecule has 2 aromatic carbocycles. The molecule has 1 N–H and O–H groups in total. The van der Waals surface area contributed by atoms with Gasteiger partial charge < -0.3 is 14.7 Å². The van der Waals surface area contributed by atoms with Crippen molar-refractivity contribution in [1.82, 2.24) is 9.80 Å². The lowest BCUT2D eigenvalue weighted by Gasteiger charge is -2.39. The van der Waals surface area contributed by atoms with Gasteiger partial charge in [-0.15, -0.1) is 0 Å². The van der Waals surface area contributed by atoms with Crippen LogP contribution in [0.25, 0.3) is 0 Å². The highest BCUT2D eigenvalue weighted by atomic mass is 16.5. The van der Waals surface area contributed by atoms with Crippen molar-refractivity contribution >= 4 is 11.9 Å². The monoisotopic (exact) mass is 424 g/mol. The van der Waals surface area contributed by atoms with Crippen LogP contribution in [0.4, 0.5) is 0 Å². The van der Waals surface area contributed by atoms with Crippen LogP contribution in [0.3, 0.4) is 0 Å². The largest absolute Gasteiger partial charge is 0.494 e. The van der Waals surface area contributed by atoms with Crippen LogP contribution < -0.4 is 4.74 Å². The fraction of sp³-hybridized carbons (Fsp3) is 0.440. The van der Waals surface area contributed by atoms with Crippen molar-refractivity contribution in [2.45, 2.75) is 38.6 Å². The molecule has 1 heterocycles. The molecule has 6 heteroatoms. The number of carboxylic acid groups (broad SMARTS) is 1. The van der Waals surface area contributed by atoms with E-state index in [9.17, 15) is 9.59 Å². The predicted octanol–water partition coefficient (Wildman–Crippen LogP) is 4.23. The van der Waals surface area contributed by atoms with E-state index in [0.717, 1.165) is 37.2 Å². The molecule has 1 aliphatic heterocycles. The smallest absolute Gasteiger partial charge is 0.303 e. The molecule has 3 rings (SSSR count). The Bertz CT molecular complexity index is 830. The molecule has 1 aliphatic rings. The lowest BCUT2D eigenvalue weighted by Crippen LogP contribution is -2.49. The number of aliphatic carboxylic acids is 1. The Hall–Kier alpha value is -2.86. The second kappa shape index (κ2) is 11.5. The van der Waals surface area contributed by atoms with Gasteiger partial charge in [-0.05, 0) is 42.7 Å². The van der Waals surface area contributed by atoms with E-state index in [1.807, 2.05) is 59.5 Å². The summed E-state index contributed by atoms with van der Waals surface area (Å²) in [5.74, 6) is 0.0392. The number of ether oxygens (including phenoxy) is 1. The molecule has 2 aromatic rings. The first-order valence-corrected chi connectivity index (χ1v) is 11.1. The zero-order valence-electron chi connectivity index (χ0n) is 18.2. The summed E-state index contributed by atoms with van der Waals surface area (Å²) in [4.78, 5) is 28.2. The van der Waals surface area contributed by atoms with Crippen LogP contribution in [0.1, 0.15) is 54.6 Å². The molecule has 0 bridgehead atoms. The second-order valence-corrected chi connectivity index (χ2v) is 7.91. The number of hydrogen-bond donors (Lipinski definition) is 1. The highest BCUT2D eigenvalue weighted by Crippen LogP contribution is 2.27. The van der Waals surface area contributed by atoms with Crippen molar-refractivity contribution in [3.63, 3.8) is 0 Å². The van der Waals surface area contributed by atoms with Crippen molar-refractivity contribution in [1.29, 1.82) is 0 Å². The average Bonchev–Trinajstić information content (AvgIpc) is 2.80. The topological polar surface area (TPSA) is 70.1 Å². The summed E-state index contributed by atoms with van der Waals surface area (Å²) < 4.78 is 5.68. The number of nitrogens with zero attached hydrogens (tertiary/aromatic N) is 2. The highest BCUT2D eigenvalue weighted by molar-refractivity contribution is 5.94. The van der Waals surface area contributed by atoms with Gasteiger partial charge in [0.05, 0.1) is 6.61 Å². The Labute approximate surface area is 184 Å². The maximum absolute atomic E-state index is 12.9. The summed E-state index contributed by atoms with van der Waals surface area (Å²) in [6.07, 6.45) is 2.80. The van der Waals surface area contributed by atoms with Crippen LogP contribution in [0.15, 0.2) is 54.6 Å². The van der Waals surface area contributed by atoms with E-state index in [1.54, 1.807) is 0 Å². The molecule has 1 saturated heterocycles. The first-order chi connectivity index (χ1) is 15.1. The summed E-state index contributed by atoms with van der Waals surface area (Å²) in [6.45, 7) is 5.52. The minimum atomic E-state index is -0.781. The number of piperazine rings is 1. The minimum absolute atomic E-state index is 0.0292. The van der Waals surface area contributed by atoms with Crippen molar-refractivity contribution in [3.05, 3.63) is 65.7 Å². The normalized spacial score (nSPS) is 15.5. The van der Waals surface area contributed by atoms with Gasteiger partial charge in [-0.3, -0.25) is 14.5 Å². The second-order valence-electron chi connectivity index (χ2n) is 7.91. The van der Waals surface area contributed by atoms with E-state index in [0.29, 0.717) is 31.7 Å². The van der Waals surface area contributed by atoms with Gasteiger partial charge in [-0.25, -0.2) is 0 Å². The number of unbranched alkanes of at least 4 members (excludes halogenated alkanes) is 1. The summed E-state index contributed by atoms with van der Waals surface area (Å²) in [6, 6.07) is 17.5. The van der Waals surface area contributed by atoms with Gasteiger partial charge in [0.2, 0.25) is 0 Å². The molecule has 0 aliphatic carbocycles. The van der Waals surface area contributed by atoms with Crippen LogP contribution in [0.5, 0.6) is 5.75 Å². The Morgan fingerprint density at radius 1 is 1.00 bits per heavy atom. The van der Waals surface area contributed by atoms with Crippen molar-refractivity contribution < 1.29 is 19.4 Å². The maximum atomic E-state index is 12.9. The van der Waals surface area contributed by atoms with E-state index in [2.05, 4.69) is 11.8 Å². The van der Waals surface area contributed by atoms with E-state index in [-0.39, 0.29) is 18.4 Å². The minimum Gasteiger partial charge on any atom is -0.494 e. The molecule has 0 spiro atoms. The molecule has 0 saturated carbocycles. The summed E-state index contributed by atoms with van der Waals surface area (Å²) in [5, 5.41) is 9.15. The van der Waals surface area contributed by atoms with Crippen LogP contribution in [-0.4, -0.2) is 59.6 Å². The number of carbonyl (C=O) groups excluding carboxylic acids is 1. The lowest BCUT2D eigenvalue weighted by atomic mass is 9.99. The zero-order chi connectivity index (χ0) is 22.1. The summed E-state index contributed by atoms with van der Waals surface area (Å²) >= 11 is 0. The first kappa shape index (κ1) is 22.8. The molecule has 31 heavy (non-hydrogen) atoms. The van der Waals surface area contributed by atoms with Crippen LogP contribution in [0.2, 0.25) is 0 Å². The number of carbonyl (C=O) groups is 2. The fourth-order valence-corrected chi connectivity index (χ4v) is 3.94. The van der Waals surface area contributed by atoms with Crippen LogP contribution in [-0.2, 0) is 4.79 Å². The zero-order valence-corrected chi connectivity index (χ0v) is 18.2. The van der Waals surface area contributed by atoms with Gasteiger partial charge >= 0.3 is 5.97 Å². The Kier molecular flexibility index (Phi) is 8.47. The molecule has 166 valence electrons. The number of hydrogen-bond acceptors (Lipinski definition) is 4. The van der Waals surface area contributed by atoms with E-state index >= 15 is 0 Å². The Balaban J connectivity index is 1.58. The molecule has 1 amide bonds. The van der Waals surface area contributed by atoms with Crippen LogP contribution in [0, 0.1) is 0 Å². The fourth-order valence-electron chi connectivity index (χ4n) is 3.94. The Morgan fingerprint density at radius 2 is 1.68 bits per heavy atom. The first-order valence-electron chi connectivity index (χ1n) is 11.1. The standard InChI is InChI=1S/C25H32N2O4/c1-2-3-19-31-22-11-9-21(10-12-22)25(30)27-17-15-26(16-18-27)23(13-14-24(28)29)20-7-5-4-6-8-20/h4-12,23H,2-3,13-19H2,1H3,(H,28,29)/t23-/m1/s1. The molecule has 1 atom stereocenters. The molecular formula is C25H32N2O4. The van der Waals surface area contributed by atoms with Gasteiger partial charge in [0.25, 0.3) is 5.91 Å². The molecule has 1 fully saturated rings. The van der Waals surface area contributed by atoms with Gasteiger partial charge in [-0.1, -0.05) is 43.7 Å².